The van der Waals surface area contributed by atoms with E-state index < -0.39 is 15.6 Å². The van der Waals surface area contributed by atoms with Crippen molar-refractivity contribution in [3.63, 3.8) is 0 Å². The van der Waals surface area contributed by atoms with Crippen molar-refractivity contribution >= 4 is 38.9 Å². The first-order chi connectivity index (χ1) is 19.3. The maximum absolute atomic E-state index is 13.7. The lowest BCUT2D eigenvalue weighted by atomic mass is 9.95. The van der Waals surface area contributed by atoms with Crippen molar-refractivity contribution in [3.05, 3.63) is 88.8 Å². The molecule has 4 aromatic rings. The van der Waals surface area contributed by atoms with Gasteiger partial charge < -0.3 is 14.5 Å². The molecule has 4 heterocycles. The molecule has 12 heteroatoms. The summed E-state index contributed by atoms with van der Waals surface area (Å²) in [6, 6.07) is 12.7. The number of aromatic nitrogens is 3. The number of amides is 1. The number of sulfone groups is 1. The first-order valence-electron chi connectivity index (χ1n) is 12.4. The minimum absolute atomic E-state index is 0.0181. The van der Waals surface area contributed by atoms with E-state index in [1.54, 1.807) is 23.2 Å². The Bertz CT molecular complexity index is 1750. The first-order valence-corrected chi connectivity index (χ1v) is 14.2. The smallest absolute Gasteiger partial charge is 0.316 e. The molecule has 0 atom stereocenters. The van der Waals surface area contributed by atoms with Crippen LogP contribution in [0.25, 0.3) is 11.1 Å². The van der Waals surface area contributed by atoms with E-state index in [9.17, 15) is 18.0 Å². The van der Waals surface area contributed by atoms with Crippen LogP contribution in [0.4, 0.5) is 5.82 Å². The second-order valence-corrected chi connectivity index (χ2v) is 11.6. The number of fused-ring (bicyclic) bond motifs is 2. The van der Waals surface area contributed by atoms with Crippen LogP contribution in [-0.4, -0.2) is 73.2 Å². The Labute approximate surface area is 235 Å². The van der Waals surface area contributed by atoms with Crippen LogP contribution in [0.2, 0.25) is 5.02 Å². The summed E-state index contributed by atoms with van der Waals surface area (Å²) in [5.74, 6) is -0.142. The molecule has 10 nitrogen and oxygen atoms in total. The molecule has 0 N–H and O–H groups in total. The highest BCUT2D eigenvalue weighted by Crippen LogP contribution is 2.38. The van der Waals surface area contributed by atoms with Crippen LogP contribution >= 0.6 is 11.6 Å². The van der Waals surface area contributed by atoms with E-state index in [-0.39, 0.29) is 38.4 Å². The first kappa shape index (κ1) is 25.9. The van der Waals surface area contributed by atoms with Crippen LogP contribution in [-0.2, 0) is 9.84 Å². The number of piperazine rings is 1. The lowest BCUT2D eigenvalue weighted by Gasteiger charge is -2.36. The molecule has 202 valence electrons. The number of nitrogens with zero attached hydrogens (tertiary/aromatic N) is 5. The molecule has 2 aromatic heterocycles. The van der Waals surface area contributed by atoms with Crippen molar-refractivity contribution in [3.8, 4) is 17.1 Å². The van der Waals surface area contributed by atoms with Crippen molar-refractivity contribution in [2.75, 3.05) is 38.2 Å². The molecule has 0 spiro atoms. The molecule has 40 heavy (non-hydrogen) atoms. The number of benzene rings is 2. The van der Waals surface area contributed by atoms with Crippen LogP contribution in [0.3, 0.4) is 0 Å². The van der Waals surface area contributed by atoms with Crippen LogP contribution in [0.1, 0.15) is 26.3 Å². The number of pyridine rings is 1. The largest absolute Gasteiger partial charge is 0.467 e. The van der Waals surface area contributed by atoms with E-state index in [0.29, 0.717) is 42.3 Å². The summed E-state index contributed by atoms with van der Waals surface area (Å²) in [5.41, 5.74) is 1.09. The monoisotopic (exact) mass is 575 g/mol. The minimum atomic E-state index is -4.10. The van der Waals surface area contributed by atoms with Gasteiger partial charge in [0.25, 0.3) is 5.91 Å². The van der Waals surface area contributed by atoms with Gasteiger partial charge in [-0.3, -0.25) is 9.59 Å². The van der Waals surface area contributed by atoms with Crippen LogP contribution in [0.15, 0.2) is 76.9 Å². The summed E-state index contributed by atoms with van der Waals surface area (Å²) in [7, 11) is -2.65. The van der Waals surface area contributed by atoms with Crippen molar-refractivity contribution in [1.82, 2.24) is 19.9 Å². The summed E-state index contributed by atoms with van der Waals surface area (Å²) in [6.07, 6.45) is 4.60. The van der Waals surface area contributed by atoms with E-state index >= 15 is 0 Å². The van der Waals surface area contributed by atoms with Crippen molar-refractivity contribution in [1.29, 1.82) is 0 Å². The number of carbonyl (C=O) groups excluding carboxylic acids is 2. The number of hydrogen-bond acceptors (Lipinski definition) is 9. The standard InChI is InChI=1S/C28H22ClN5O5S/c1-39-28-31-14-18(15-32-28)17-5-7-20-23(13-17)40(37,38)22-4-2-3-21(25(22)26(20)35)27(36)34-11-9-33(10-12-34)24-8-6-19(29)16-30-24/h2-8,13-16H,9-12H2,1H3. The van der Waals surface area contributed by atoms with Crippen LogP contribution in [0, 0.1) is 0 Å². The highest BCUT2D eigenvalue weighted by atomic mass is 35.5. The zero-order valence-electron chi connectivity index (χ0n) is 21.2. The molecule has 2 aliphatic rings. The number of anilines is 1. The Morgan fingerprint density at radius 1 is 0.900 bits per heavy atom. The third-order valence-electron chi connectivity index (χ3n) is 7.04. The zero-order valence-corrected chi connectivity index (χ0v) is 22.8. The van der Waals surface area contributed by atoms with Crippen molar-refractivity contribution in [2.45, 2.75) is 9.79 Å². The molecular formula is C28H22ClN5O5S. The normalized spacial score (nSPS) is 15.8. The second-order valence-electron chi connectivity index (χ2n) is 9.29. The summed E-state index contributed by atoms with van der Waals surface area (Å²) in [4.78, 5) is 43.2. The molecular weight excluding hydrogens is 554 g/mol. The van der Waals surface area contributed by atoms with E-state index in [2.05, 4.69) is 15.0 Å². The summed E-state index contributed by atoms with van der Waals surface area (Å²) in [5, 5.41) is 0.540. The molecule has 0 unspecified atom stereocenters. The van der Waals surface area contributed by atoms with Gasteiger partial charge >= 0.3 is 6.01 Å². The van der Waals surface area contributed by atoms with E-state index in [1.165, 1.54) is 49.8 Å². The topological polar surface area (TPSA) is 123 Å². The highest BCUT2D eigenvalue weighted by Gasteiger charge is 2.38. The number of halogens is 1. The number of methoxy groups -OCH3 is 1. The van der Waals surface area contributed by atoms with Gasteiger partial charge in [0, 0.05) is 55.9 Å². The zero-order chi connectivity index (χ0) is 28.0. The molecule has 1 amide bonds. The summed E-state index contributed by atoms with van der Waals surface area (Å²) < 4.78 is 32.5. The lowest BCUT2D eigenvalue weighted by Crippen LogP contribution is -2.49. The fourth-order valence-electron chi connectivity index (χ4n) is 4.97. The minimum Gasteiger partial charge on any atom is -0.467 e. The van der Waals surface area contributed by atoms with Gasteiger partial charge in [-0.15, -0.1) is 0 Å². The Morgan fingerprint density at radius 3 is 2.33 bits per heavy atom. The van der Waals surface area contributed by atoms with E-state index in [0.717, 1.165) is 5.82 Å². The van der Waals surface area contributed by atoms with Gasteiger partial charge in [-0.25, -0.2) is 23.4 Å². The predicted octanol–water partition coefficient (Wildman–Crippen LogP) is 3.54. The number of carbonyl (C=O) groups is 2. The summed E-state index contributed by atoms with van der Waals surface area (Å²) in [6.45, 7) is 1.83. The Hall–Kier alpha value is -4.35. The average molecular weight is 576 g/mol. The van der Waals surface area contributed by atoms with Crippen LogP contribution < -0.4 is 9.64 Å². The second kappa shape index (κ2) is 10.00. The van der Waals surface area contributed by atoms with Gasteiger partial charge in [0.15, 0.2) is 5.78 Å². The number of ether oxygens (including phenoxy) is 1. The molecule has 6 rings (SSSR count). The fraction of sp³-hybridized carbons (Fsp3) is 0.179. The molecule has 0 bridgehead atoms. The average Bonchev–Trinajstić information content (AvgIpc) is 2.99. The quantitative estimate of drug-likeness (QED) is 0.316. The maximum atomic E-state index is 13.7. The highest BCUT2D eigenvalue weighted by molar-refractivity contribution is 7.91. The molecule has 0 aliphatic carbocycles. The number of ketones is 1. The van der Waals surface area contributed by atoms with Crippen molar-refractivity contribution < 1.29 is 22.7 Å². The molecule has 2 aliphatic heterocycles. The predicted molar refractivity (Wildman–Crippen MR) is 147 cm³/mol. The molecule has 0 saturated carbocycles. The van der Waals surface area contributed by atoms with Crippen molar-refractivity contribution in [2.24, 2.45) is 0 Å². The molecule has 2 aromatic carbocycles. The van der Waals surface area contributed by atoms with Gasteiger partial charge in [0.1, 0.15) is 5.82 Å². The number of rotatable bonds is 4. The van der Waals surface area contributed by atoms with Gasteiger partial charge in [-0.2, -0.15) is 0 Å². The van der Waals surface area contributed by atoms with Gasteiger partial charge in [-0.05, 0) is 42.0 Å². The third-order valence-corrected chi connectivity index (χ3v) is 9.10. The maximum Gasteiger partial charge on any atom is 0.316 e. The SMILES string of the molecule is COc1ncc(-c2ccc3c(c2)S(=O)(=O)c2cccc(C(=O)N4CCN(c5ccc(Cl)cn5)CC4)c2C3=O)cn1. The van der Waals surface area contributed by atoms with Gasteiger partial charge in [-0.1, -0.05) is 23.7 Å². The Morgan fingerprint density at radius 2 is 1.65 bits per heavy atom. The Kier molecular flexibility index (Phi) is 6.47. The van der Waals surface area contributed by atoms with E-state index in [1.807, 2.05) is 11.0 Å². The molecule has 1 fully saturated rings. The lowest BCUT2D eigenvalue weighted by molar-refractivity contribution is 0.0741. The molecule has 1 saturated heterocycles. The summed E-state index contributed by atoms with van der Waals surface area (Å²) >= 11 is 5.94. The third kappa shape index (κ3) is 4.37. The van der Waals surface area contributed by atoms with Gasteiger partial charge in [0.05, 0.1) is 33.1 Å². The van der Waals surface area contributed by atoms with Gasteiger partial charge in [0.2, 0.25) is 9.84 Å². The fourth-order valence-corrected chi connectivity index (χ4v) is 6.78. The molecule has 0 radical (unpaired) electrons. The Balaban J connectivity index is 1.30. The van der Waals surface area contributed by atoms with E-state index in [4.69, 9.17) is 16.3 Å². The number of hydrogen-bond donors (Lipinski definition) is 0. The van der Waals surface area contributed by atoms with Crippen LogP contribution in [0.5, 0.6) is 6.01 Å².